The largest absolute Gasteiger partial charge is 0.483 e. The van der Waals surface area contributed by atoms with Gasteiger partial charge in [0.2, 0.25) is 0 Å². The van der Waals surface area contributed by atoms with Crippen LogP contribution in [-0.2, 0) is 10.6 Å². The highest BCUT2D eigenvalue weighted by Gasteiger charge is 2.32. The maximum Gasteiger partial charge on any atom is 0.413 e. The van der Waals surface area contributed by atoms with E-state index < -0.39 is 6.09 Å². The van der Waals surface area contributed by atoms with E-state index in [1.807, 2.05) is 32.9 Å². The molecule has 1 aliphatic rings. The van der Waals surface area contributed by atoms with Crippen molar-refractivity contribution in [2.24, 2.45) is 0 Å². The van der Waals surface area contributed by atoms with Gasteiger partial charge < -0.3 is 19.0 Å². The minimum atomic E-state index is -0.515. The van der Waals surface area contributed by atoms with Gasteiger partial charge in [0.15, 0.2) is 11.5 Å². The Bertz CT molecular complexity index is 490. The molecule has 0 aromatic heterocycles. The van der Waals surface area contributed by atoms with Gasteiger partial charge >= 0.3 is 6.09 Å². The third-order valence-corrected chi connectivity index (χ3v) is 3.40. The normalized spacial score (nSPS) is 15.3. The monoisotopic (exact) mass is 297 g/mol. The highest BCUT2D eigenvalue weighted by atomic mass is 32.2. The number of ether oxygens (including phenoxy) is 2. The van der Waals surface area contributed by atoms with Crippen LogP contribution in [0.3, 0.4) is 0 Å². The number of rotatable bonds is 5. The molecule has 0 atom stereocenters. The molecule has 5 nitrogen and oxygen atoms in total. The molecule has 0 fully saturated rings. The molecule has 1 amide bonds. The molecule has 0 saturated carbocycles. The third kappa shape index (κ3) is 3.80. The Labute approximate surface area is 123 Å². The molecule has 20 heavy (non-hydrogen) atoms. The molecule has 1 heterocycles. The van der Waals surface area contributed by atoms with E-state index in [1.54, 1.807) is 6.07 Å². The zero-order valence-corrected chi connectivity index (χ0v) is 12.7. The first-order chi connectivity index (χ1) is 9.52. The fraction of sp³-hybridized carbons (Fsp3) is 0.500. The summed E-state index contributed by atoms with van der Waals surface area (Å²) in [6, 6.07) is 5.58. The number of carbonyl (C=O) groups is 1. The second-order valence-corrected chi connectivity index (χ2v) is 5.78. The minimum absolute atomic E-state index is 0.261. The molecule has 0 saturated heterocycles. The molecule has 1 aromatic rings. The van der Waals surface area contributed by atoms with Gasteiger partial charge in [0.1, 0.15) is 5.60 Å². The predicted octanol–water partition coefficient (Wildman–Crippen LogP) is 3.13. The SMILES string of the molecule is CCOSCNC(=O)Oc1cccc2c1OC(C)(C)C2. The Morgan fingerprint density at radius 1 is 1.50 bits per heavy atom. The van der Waals surface area contributed by atoms with E-state index >= 15 is 0 Å². The highest BCUT2D eigenvalue weighted by Crippen LogP contribution is 2.41. The topological polar surface area (TPSA) is 56.8 Å². The van der Waals surface area contributed by atoms with Crippen LogP contribution in [-0.4, -0.2) is 24.2 Å². The molecule has 2 rings (SSSR count). The molecule has 6 heteroatoms. The molecule has 1 aromatic carbocycles. The van der Waals surface area contributed by atoms with Crippen LogP contribution in [0.5, 0.6) is 11.5 Å². The summed E-state index contributed by atoms with van der Waals surface area (Å²) >= 11 is 1.17. The number of para-hydroxylation sites is 1. The molecular formula is C14H19NO4S. The standard InChI is InChI=1S/C14H19NO4S/c1-4-17-20-9-15-13(16)18-11-7-5-6-10-8-14(2,3)19-12(10)11/h5-7H,4,8-9H2,1-3H3,(H,15,16). The van der Waals surface area contributed by atoms with Crippen LogP contribution in [0.15, 0.2) is 18.2 Å². The van der Waals surface area contributed by atoms with Crippen molar-refractivity contribution < 1.29 is 18.5 Å². The van der Waals surface area contributed by atoms with Gasteiger partial charge in [0, 0.05) is 24.0 Å². The summed E-state index contributed by atoms with van der Waals surface area (Å²) in [5.74, 6) is 1.45. The van der Waals surface area contributed by atoms with Gasteiger partial charge in [-0.15, -0.1) is 0 Å². The van der Waals surface area contributed by atoms with Crippen molar-refractivity contribution >= 4 is 18.1 Å². The van der Waals surface area contributed by atoms with Crippen molar-refractivity contribution in [1.29, 1.82) is 0 Å². The van der Waals surface area contributed by atoms with Crippen LogP contribution in [0, 0.1) is 0 Å². The van der Waals surface area contributed by atoms with Crippen LogP contribution in [0.2, 0.25) is 0 Å². The summed E-state index contributed by atoms with van der Waals surface area (Å²) in [5, 5.41) is 2.60. The number of hydrogen-bond acceptors (Lipinski definition) is 5. The Hall–Kier alpha value is -1.40. The van der Waals surface area contributed by atoms with Crippen molar-refractivity contribution in [3.63, 3.8) is 0 Å². The molecule has 0 spiro atoms. The van der Waals surface area contributed by atoms with E-state index in [9.17, 15) is 4.79 Å². The maximum absolute atomic E-state index is 11.7. The average Bonchev–Trinajstić information content (AvgIpc) is 2.70. The fourth-order valence-electron chi connectivity index (χ4n) is 2.02. The lowest BCUT2D eigenvalue weighted by Crippen LogP contribution is -2.27. The second kappa shape index (κ2) is 6.37. The molecule has 0 bridgehead atoms. The summed E-state index contributed by atoms with van der Waals surface area (Å²) in [4.78, 5) is 11.7. The van der Waals surface area contributed by atoms with Crippen LogP contribution >= 0.6 is 12.0 Å². The summed E-state index contributed by atoms with van der Waals surface area (Å²) in [7, 11) is 0. The Morgan fingerprint density at radius 2 is 2.30 bits per heavy atom. The number of benzene rings is 1. The van der Waals surface area contributed by atoms with Crippen molar-refractivity contribution in [3.05, 3.63) is 23.8 Å². The fourth-order valence-corrected chi connectivity index (χ4v) is 2.44. The van der Waals surface area contributed by atoms with Crippen molar-refractivity contribution in [2.45, 2.75) is 32.8 Å². The van der Waals surface area contributed by atoms with Gasteiger partial charge in [0.25, 0.3) is 0 Å². The van der Waals surface area contributed by atoms with Gasteiger partial charge in [0.05, 0.1) is 12.5 Å². The number of fused-ring (bicyclic) bond motifs is 1. The Kier molecular flexibility index (Phi) is 4.77. The zero-order valence-electron chi connectivity index (χ0n) is 11.9. The van der Waals surface area contributed by atoms with E-state index in [0.717, 1.165) is 12.0 Å². The smallest absolute Gasteiger partial charge is 0.413 e. The van der Waals surface area contributed by atoms with Gasteiger partial charge in [-0.05, 0) is 26.8 Å². The lowest BCUT2D eigenvalue weighted by molar-refractivity contribution is 0.133. The first-order valence-electron chi connectivity index (χ1n) is 6.53. The average molecular weight is 297 g/mol. The number of amides is 1. The first-order valence-corrected chi connectivity index (χ1v) is 7.44. The molecule has 0 unspecified atom stereocenters. The quantitative estimate of drug-likeness (QED) is 0.514. The van der Waals surface area contributed by atoms with Gasteiger partial charge in [-0.25, -0.2) is 4.79 Å². The van der Waals surface area contributed by atoms with Gasteiger partial charge in [-0.1, -0.05) is 12.1 Å². The number of carbonyl (C=O) groups excluding carboxylic acids is 1. The molecule has 0 radical (unpaired) electrons. The van der Waals surface area contributed by atoms with Crippen molar-refractivity contribution in [3.8, 4) is 11.5 Å². The zero-order chi connectivity index (χ0) is 14.6. The minimum Gasteiger partial charge on any atom is -0.483 e. The van der Waals surface area contributed by atoms with Crippen molar-refractivity contribution in [2.75, 3.05) is 12.5 Å². The molecule has 110 valence electrons. The van der Waals surface area contributed by atoms with E-state index in [0.29, 0.717) is 24.0 Å². The molecule has 1 N–H and O–H groups in total. The summed E-state index contributed by atoms with van der Waals surface area (Å²) in [6.07, 6.45) is 0.292. The number of hydrogen-bond donors (Lipinski definition) is 1. The lowest BCUT2D eigenvalue weighted by Gasteiger charge is -2.18. The van der Waals surface area contributed by atoms with E-state index in [4.69, 9.17) is 13.7 Å². The summed E-state index contributed by atoms with van der Waals surface area (Å²) < 4.78 is 16.2. The van der Waals surface area contributed by atoms with Crippen LogP contribution in [0.25, 0.3) is 0 Å². The molecular weight excluding hydrogens is 278 g/mol. The van der Waals surface area contributed by atoms with E-state index in [2.05, 4.69) is 5.32 Å². The van der Waals surface area contributed by atoms with Gasteiger partial charge in [-0.3, -0.25) is 0 Å². The van der Waals surface area contributed by atoms with E-state index in [-0.39, 0.29) is 5.60 Å². The second-order valence-electron chi connectivity index (χ2n) is 5.02. The number of nitrogens with one attached hydrogen (secondary N) is 1. The summed E-state index contributed by atoms with van der Waals surface area (Å²) in [5.41, 5.74) is 0.798. The third-order valence-electron chi connectivity index (χ3n) is 2.73. The first kappa shape index (κ1) is 15.0. The van der Waals surface area contributed by atoms with Gasteiger partial charge in [-0.2, -0.15) is 0 Å². The van der Waals surface area contributed by atoms with Crippen LogP contribution in [0.4, 0.5) is 4.79 Å². The molecule has 1 aliphatic heterocycles. The Morgan fingerprint density at radius 3 is 3.05 bits per heavy atom. The molecule has 0 aliphatic carbocycles. The lowest BCUT2D eigenvalue weighted by atomic mass is 10.0. The van der Waals surface area contributed by atoms with Crippen LogP contribution < -0.4 is 14.8 Å². The maximum atomic E-state index is 11.7. The van der Waals surface area contributed by atoms with E-state index in [1.165, 1.54) is 12.0 Å². The highest BCUT2D eigenvalue weighted by molar-refractivity contribution is 7.94. The van der Waals surface area contributed by atoms with Crippen molar-refractivity contribution in [1.82, 2.24) is 5.32 Å². The predicted molar refractivity (Wildman–Crippen MR) is 78.1 cm³/mol. The summed E-state index contributed by atoms with van der Waals surface area (Å²) in [6.45, 7) is 6.50. The Balaban J connectivity index is 1.95. The van der Waals surface area contributed by atoms with Crippen LogP contribution in [0.1, 0.15) is 26.3 Å².